The molecular formula is C12H21NO2. The van der Waals surface area contributed by atoms with Crippen molar-refractivity contribution in [3.8, 4) is 0 Å². The lowest BCUT2D eigenvalue weighted by atomic mass is 9.84. The summed E-state index contributed by atoms with van der Waals surface area (Å²) in [5, 5.41) is 2.86. The second-order valence-corrected chi connectivity index (χ2v) is 5.74. The fourth-order valence-electron chi connectivity index (χ4n) is 1.86. The van der Waals surface area contributed by atoms with Gasteiger partial charge in [0.1, 0.15) is 0 Å². The van der Waals surface area contributed by atoms with Crippen LogP contribution < -0.4 is 5.32 Å². The standard InChI is InChI=1S/C12H21NO2/c1-7-6-9(7)11(15)13-10(8(2)14)12(3,4)5/h7,9-10H,6H2,1-5H3,(H,13,15)/t7?,9?,10-/m1/s1. The summed E-state index contributed by atoms with van der Waals surface area (Å²) in [5.41, 5.74) is -0.209. The minimum atomic E-state index is -0.363. The van der Waals surface area contributed by atoms with Gasteiger partial charge in [-0.3, -0.25) is 9.59 Å². The maximum atomic E-state index is 11.7. The predicted molar refractivity (Wildman–Crippen MR) is 59.3 cm³/mol. The van der Waals surface area contributed by atoms with E-state index < -0.39 is 0 Å². The summed E-state index contributed by atoms with van der Waals surface area (Å²) in [6.45, 7) is 9.50. The Balaban J connectivity index is 2.60. The number of carbonyl (C=O) groups excluding carboxylic acids is 2. The topological polar surface area (TPSA) is 46.2 Å². The van der Waals surface area contributed by atoms with Crippen LogP contribution in [0.5, 0.6) is 0 Å². The summed E-state index contributed by atoms with van der Waals surface area (Å²) >= 11 is 0. The van der Waals surface area contributed by atoms with Gasteiger partial charge >= 0.3 is 0 Å². The summed E-state index contributed by atoms with van der Waals surface area (Å²) in [6.07, 6.45) is 0.959. The first-order valence-corrected chi connectivity index (χ1v) is 5.54. The van der Waals surface area contributed by atoms with Crippen LogP contribution in [0.15, 0.2) is 0 Å². The van der Waals surface area contributed by atoms with Crippen molar-refractivity contribution in [1.29, 1.82) is 0 Å². The Morgan fingerprint density at radius 3 is 2.07 bits per heavy atom. The number of hydrogen-bond acceptors (Lipinski definition) is 2. The number of nitrogens with one attached hydrogen (secondary N) is 1. The van der Waals surface area contributed by atoms with Crippen molar-refractivity contribution in [1.82, 2.24) is 5.32 Å². The number of ketones is 1. The number of Topliss-reactive ketones (excluding diaryl/α,β-unsaturated/α-hetero) is 1. The van der Waals surface area contributed by atoms with Crippen LogP contribution in [-0.4, -0.2) is 17.7 Å². The Kier molecular flexibility index (Phi) is 3.22. The molecule has 0 heterocycles. The molecule has 0 aromatic rings. The van der Waals surface area contributed by atoms with Crippen LogP contribution in [-0.2, 0) is 9.59 Å². The van der Waals surface area contributed by atoms with Gasteiger partial charge in [-0.15, -0.1) is 0 Å². The summed E-state index contributed by atoms with van der Waals surface area (Å²) in [7, 11) is 0. The molecule has 0 radical (unpaired) electrons. The van der Waals surface area contributed by atoms with E-state index in [0.717, 1.165) is 6.42 Å². The van der Waals surface area contributed by atoms with Crippen LogP contribution in [0.2, 0.25) is 0 Å². The summed E-state index contributed by atoms with van der Waals surface area (Å²) in [6, 6.07) is -0.363. The third kappa shape index (κ3) is 3.05. The van der Waals surface area contributed by atoms with Crippen molar-refractivity contribution < 1.29 is 9.59 Å². The Bertz CT molecular complexity index is 278. The van der Waals surface area contributed by atoms with E-state index in [1.165, 1.54) is 6.92 Å². The molecule has 3 nitrogen and oxygen atoms in total. The number of hydrogen-bond donors (Lipinski definition) is 1. The molecule has 1 amide bonds. The lowest BCUT2D eigenvalue weighted by Crippen LogP contribution is -2.48. The van der Waals surface area contributed by atoms with Gasteiger partial charge < -0.3 is 5.32 Å². The van der Waals surface area contributed by atoms with Crippen LogP contribution in [0.3, 0.4) is 0 Å². The number of carbonyl (C=O) groups is 2. The van der Waals surface area contributed by atoms with Crippen LogP contribution in [0.1, 0.15) is 41.0 Å². The molecule has 2 unspecified atom stereocenters. The van der Waals surface area contributed by atoms with Crippen LogP contribution in [0.25, 0.3) is 0 Å². The van der Waals surface area contributed by atoms with Crippen LogP contribution in [0.4, 0.5) is 0 Å². The molecule has 0 spiro atoms. The third-order valence-corrected chi connectivity index (χ3v) is 3.01. The zero-order valence-corrected chi connectivity index (χ0v) is 10.3. The van der Waals surface area contributed by atoms with Gasteiger partial charge in [-0.1, -0.05) is 27.7 Å². The van der Waals surface area contributed by atoms with E-state index >= 15 is 0 Å². The van der Waals surface area contributed by atoms with Crippen molar-refractivity contribution in [2.75, 3.05) is 0 Å². The van der Waals surface area contributed by atoms with Crippen molar-refractivity contribution in [2.45, 2.75) is 47.1 Å². The molecule has 0 aromatic heterocycles. The maximum absolute atomic E-state index is 11.7. The fraction of sp³-hybridized carbons (Fsp3) is 0.833. The van der Waals surface area contributed by atoms with Gasteiger partial charge in [0, 0.05) is 5.92 Å². The van der Waals surface area contributed by atoms with E-state index in [0.29, 0.717) is 5.92 Å². The van der Waals surface area contributed by atoms with Crippen molar-refractivity contribution in [3.63, 3.8) is 0 Å². The summed E-state index contributed by atoms with van der Waals surface area (Å²) in [5.74, 6) is 0.688. The minimum absolute atomic E-state index is 0.0316. The third-order valence-electron chi connectivity index (χ3n) is 3.01. The van der Waals surface area contributed by atoms with Crippen LogP contribution >= 0.6 is 0 Å². The van der Waals surface area contributed by atoms with E-state index in [1.54, 1.807) is 0 Å². The molecule has 1 saturated carbocycles. The fourth-order valence-corrected chi connectivity index (χ4v) is 1.86. The molecule has 1 N–H and O–H groups in total. The normalized spacial score (nSPS) is 27.0. The van der Waals surface area contributed by atoms with Gasteiger partial charge in [0.15, 0.2) is 5.78 Å². The molecule has 1 aliphatic rings. The molecule has 0 saturated heterocycles. The first kappa shape index (κ1) is 12.2. The molecule has 3 heteroatoms. The average Bonchev–Trinajstić information content (AvgIpc) is 2.75. The Morgan fingerprint density at radius 2 is 1.80 bits per heavy atom. The monoisotopic (exact) mass is 211 g/mol. The van der Waals surface area contributed by atoms with Crippen molar-refractivity contribution >= 4 is 11.7 Å². The highest BCUT2D eigenvalue weighted by atomic mass is 16.2. The highest BCUT2D eigenvalue weighted by molar-refractivity contribution is 5.90. The lowest BCUT2D eigenvalue weighted by molar-refractivity contribution is -0.130. The largest absolute Gasteiger partial charge is 0.346 e. The first-order valence-electron chi connectivity index (χ1n) is 5.54. The molecule has 1 aliphatic carbocycles. The highest BCUT2D eigenvalue weighted by Crippen LogP contribution is 2.38. The smallest absolute Gasteiger partial charge is 0.223 e. The van der Waals surface area contributed by atoms with Crippen LogP contribution in [0, 0.1) is 17.3 Å². The second-order valence-electron chi connectivity index (χ2n) is 5.74. The molecule has 1 fully saturated rings. The molecule has 3 atom stereocenters. The zero-order chi connectivity index (χ0) is 11.8. The average molecular weight is 211 g/mol. The molecular weight excluding hydrogens is 190 g/mol. The van der Waals surface area contributed by atoms with E-state index in [2.05, 4.69) is 12.2 Å². The first-order chi connectivity index (χ1) is 6.73. The highest BCUT2D eigenvalue weighted by Gasteiger charge is 2.41. The summed E-state index contributed by atoms with van der Waals surface area (Å²) < 4.78 is 0. The van der Waals surface area contributed by atoms with Crippen molar-refractivity contribution in [2.24, 2.45) is 17.3 Å². The van der Waals surface area contributed by atoms with Gasteiger partial charge in [0.05, 0.1) is 6.04 Å². The molecule has 0 aliphatic heterocycles. The van der Waals surface area contributed by atoms with E-state index in [1.807, 2.05) is 20.8 Å². The van der Waals surface area contributed by atoms with Gasteiger partial charge in [0.25, 0.3) is 0 Å². The predicted octanol–water partition coefficient (Wildman–Crippen LogP) is 1.76. The minimum Gasteiger partial charge on any atom is -0.346 e. The summed E-state index contributed by atoms with van der Waals surface area (Å²) in [4.78, 5) is 23.1. The second kappa shape index (κ2) is 3.95. The lowest BCUT2D eigenvalue weighted by Gasteiger charge is -2.29. The molecule has 1 rings (SSSR count). The Morgan fingerprint density at radius 1 is 1.33 bits per heavy atom. The quantitative estimate of drug-likeness (QED) is 0.773. The number of rotatable bonds is 3. The van der Waals surface area contributed by atoms with Gasteiger partial charge in [-0.25, -0.2) is 0 Å². The van der Waals surface area contributed by atoms with Gasteiger partial charge in [0.2, 0.25) is 5.91 Å². The SMILES string of the molecule is CC(=O)[C@@H](NC(=O)C1CC1C)C(C)(C)C. The Labute approximate surface area is 91.6 Å². The molecule has 86 valence electrons. The zero-order valence-electron chi connectivity index (χ0n) is 10.3. The van der Waals surface area contributed by atoms with Crippen molar-refractivity contribution in [3.05, 3.63) is 0 Å². The number of amides is 1. The van der Waals surface area contributed by atoms with Gasteiger partial charge in [-0.05, 0) is 24.7 Å². The van der Waals surface area contributed by atoms with Gasteiger partial charge in [-0.2, -0.15) is 0 Å². The molecule has 15 heavy (non-hydrogen) atoms. The molecule has 0 aromatic carbocycles. The van der Waals surface area contributed by atoms with E-state index in [-0.39, 0.29) is 29.1 Å². The maximum Gasteiger partial charge on any atom is 0.223 e. The van der Waals surface area contributed by atoms with E-state index in [9.17, 15) is 9.59 Å². The molecule has 0 bridgehead atoms. The van der Waals surface area contributed by atoms with E-state index in [4.69, 9.17) is 0 Å². The Hall–Kier alpha value is -0.860.